The van der Waals surface area contributed by atoms with Crippen LogP contribution in [0.2, 0.25) is 0 Å². The first-order chi connectivity index (χ1) is 15.8. The summed E-state index contributed by atoms with van der Waals surface area (Å²) in [6.07, 6.45) is 12.2. The van der Waals surface area contributed by atoms with Crippen LogP contribution >= 0.6 is 0 Å². The first kappa shape index (κ1) is 24.8. The maximum absolute atomic E-state index is 13.5. The minimum atomic E-state index is -0.286. The van der Waals surface area contributed by atoms with E-state index in [1.807, 2.05) is 6.92 Å². The van der Waals surface area contributed by atoms with Crippen LogP contribution in [0.3, 0.4) is 0 Å². The minimum absolute atomic E-state index is 0.00200. The van der Waals surface area contributed by atoms with Gasteiger partial charge in [0.1, 0.15) is 0 Å². The Bertz CT molecular complexity index is 883. The fraction of sp³-hybridized carbons (Fsp3) is 0.903. The number of aliphatic hydroxyl groups is 1. The van der Waals surface area contributed by atoms with Crippen LogP contribution in [-0.4, -0.2) is 23.8 Å². The second-order valence-electron chi connectivity index (χ2n) is 14.8. The van der Waals surface area contributed by atoms with Crippen molar-refractivity contribution in [2.24, 2.45) is 44.8 Å². The minimum Gasteiger partial charge on any atom is -0.466 e. The molecule has 0 spiro atoms. The van der Waals surface area contributed by atoms with Crippen molar-refractivity contribution in [1.82, 2.24) is 0 Å². The van der Waals surface area contributed by atoms with Crippen LogP contribution in [0, 0.1) is 44.8 Å². The molecule has 7 atom stereocenters. The Morgan fingerprint density at radius 1 is 0.912 bits per heavy atom. The highest BCUT2D eigenvalue weighted by molar-refractivity contribution is 5.78. The lowest BCUT2D eigenvalue weighted by molar-refractivity contribution is -0.173. The molecule has 34 heavy (non-hydrogen) atoms. The van der Waals surface area contributed by atoms with Crippen LogP contribution in [0.15, 0.2) is 11.1 Å². The zero-order valence-corrected chi connectivity index (χ0v) is 23.1. The predicted octanol–water partition coefficient (Wildman–Crippen LogP) is 7.47. The van der Waals surface area contributed by atoms with Crippen LogP contribution in [0.25, 0.3) is 0 Å². The van der Waals surface area contributed by atoms with Gasteiger partial charge in [0.25, 0.3) is 0 Å². The molecule has 0 aromatic heterocycles. The SMILES string of the molecule is CCOC(=O)C12CCC3=C(CCC4C3(C)CCC3C(C)(C)C(O)CCC43C)C1CC(C)(C)CC2. The van der Waals surface area contributed by atoms with Crippen LogP contribution in [-0.2, 0) is 9.53 Å². The van der Waals surface area contributed by atoms with Gasteiger partial charge in [-0.2, -0.15) is 0 Å². The molecule has 0 saturated heterocycles. The van der Waals surface area contributed by atoms with Gasteiger partial charge < -0.3 is 9.84 Å². The van der Waals surface area contributed by atoms with E-state index in [-0.39, 0.29) is 28.3 Å². The van der Waals surface area contributed by atoms with E-state index < -0.39 is 0 Å². The maximum Gasteiger partial charge on any atom is 0.312 e. The normalized spacial score (nSPS) is 47.1. The zero-order chi connectivity index (χ0) is 24.7. The Hall–Kier alpha value is -0.830. The van der Waals surface area contributed by atoms with Gasteiger partial charge in [-0.05, 0) is 117 Å². The van der Waals surface area contributed by atoms with E-state index >= 15 is 0 Å². The van der Waals surface area contributed by atoms with Crippen LogP contribution in [0.4, 0.5) is 0 Å². The summed E-state index contributed by atoms with van der Waals surface area (Å²) in [7, 11) is 0. The summed E-state index contributed by atoms with van der Waals surface area (Å²) in [6.45, 7) is 17.1. The Labute approximate surface area is 208 Å². The van der Waals surface area contributed by atoms with E-state index in [1.165, 1.54) is 25.7 Å². The second-order valence-corrected chi connectivity index (χ2v) is 14.8. The van der Waals surface area contributed by atoms with Gasteiger partial charge in [0.05, 0.1) is 18.1 Å². The standard InChI is InChI=1S/C31H50O3/c1-8-34-26(33)31-16-11-21-20(22(31)19-27(2,3)17-18-31)9-10-24-29(21,6)14-12-23-28(4,5)25(32)13-15-30(23,24)7/h22-25,32H,8-19H2,1-7H3. The predicted molar refractivity (Wildman–Crippen MR) is 137 cm³/mol. The molecule has 3 heteroatoms. The van der Waals surface area contributed by atoms with Crippen molar-refractivity contribution >= 4 is 5.97 Å². The van der Waals surface area contributed by atoms with Gasteiger partial charge in [-0.15, -0.1) is 0 Å². The Morgan fingerprint density at radius 3 is 2.35 bits per heavy atom. The third-order valence-corrected chi connectivity index (χ3v) is 12.4. The third-order valence-electron chi connectivity index (χ3n) is 12.4. The molecule has 7 unspecified atom stereocenters. The topological polar surface area (TPSA) is 46.5 Å². The fourth-order valence-electron chi connectivity index (χ4n) is 10.5. The largest absolute Gasteiger partial charge is 0.466 e. The smallest absolute Gasteiger partial charge is 0.312 e. The van der Waals surface area contributed by atoms with Crippen molar-refractivity contribution in [3.05, 3.63) is 11.1 Å². The van der Waals surface area contributed by atoms with E-state index in [2.05, 4.69) is 41.5 Å². The summed E-state index contributed by atoms with van der Waals surface area (Å²) >= 11 is 0. The van der Waals surface area contributed by atoms with Crippen molar-refractivity contribution in [2.45, 2.75) is 125 Å². The monoisotopic (exact) mass is 470 g/mol. The highest BCUT2D eigenvalue weighted by Crippen LogP contribution is 2.71. The lowest BCUT2D eigenvalue weighted by Crippen LogP contribution is -2.60. The Balaban J connectivity index is 1.56. The van der Waals surface area contributed by atoms with E-state index in [4.69, 9.17) is 4.74 Å². The summed E-state index contributed by atoms with van der Waals surface area (Å²) in [5, 5.41) is 10.9. The fourth-order valence-corrected chi connectivity index (χ4v) is 10.5. The van der Waals surface area contributed by atoms with Crippen LogP contribution in [0.1, 0.15) is 119 Å². The third kappa shape index (κ3) is 3.27. The van der Waals surface area contributed by atoms with E-state index in [0.29, 0.717) is 35.2 Å². The Kier molecular flexibility index (Phi) is 5.72. The molecule has 192 valence electrons. The van der Waals surface area contributed by atoms with Crippen molar-refractivity contribution in [3.8, 4) is 0 Å². The number of aliphatic hydroxyl groups excluding tert-OH is 1. The molecule has 5 rings (SSSR count). The number of esters is 1. The zero-order valence-electron chi connectivity index (χ0n) is 23.1. The molecular formula is C31H50O3. The molecule has 0 heterocycles. The first-order valence-corrected chi connectivity index (χ1v) is 14.4. The second kappa shape index (κ2) is 7.83. The molecule has 5 aliphatic carbocycles. The van der Waals surface area contributed by atoms with Gasteiger partial charge in [0, 0.05) is 0 Å². The van der Waals surface area contributed by atoms with Gasteiger partial charge in [-0.1, -0.05) is 52.7 Å². The average Bonchev–Trinajstić information content (AvgIpc) is 2.76. The highest BCUT2D eigenvalue weighted by atomic mass is 16.5. The van der Waals surface area contributed by atoms with Gasteiger partial charge in [-0.3, -0.25) is 4.79 Å². The number of carbonyl (C=O) groups excluding carboxylic acids is 1. The summed E-state index contributed by atoms with van der Waals surface area (Å²) in [5.74, 6) is 1.75. The molecule has 3 nitrogen and oxygen atoms in total. The molecule has 0 aliphatic heterocycles. The van der Waals surface area contributed by atoms with E-state index in [1.54, 1.807) is 11.1 Å². The molecular weight excluding hydrogens is 420 g/mol. The molecule has 3 saturated carbocycles. The molecule has 5 aliphatic rings. The summed E-state index contributed by atoms with van der Waals surface area (Å²) < 4.78 is 5.76. The summed E-state index contributed by atoms with van der Waals surface area (Å²) in [6, 6.07) is 0. The maximum atomic E-state index is 13.5. The van der Waals surface area contributed by atoms with Gasteiger partial charge in [0.15, 0.2) is 0 Å². The van der Waals surface area contributed by atoms with Crippen molar-refractivity contribution in [1.29, 1.82) is 0 Å². The van der Waals surface area contributed by atoms with Gasteiger partial charge in [0.2, 0.25) is 0 Å². The number of hydrogen-bond acceptors (Lipinski definition) is 3. The Morgan fingerprint density at radius 2 is 1.65 bits per heavy atom. The molecule has 0 amide bonds. The molecule has 0 aromatic carbocycles. The molecule has 1 N–H and O–H groups in total. The first-order valence-electron chi connectivity index (χ1n) is 14.4. The number of allylic oxidation sites excluding steroid dienone is 2. The molecule has 3 fully saturated rings. The number of carbonyl (C=O) groups is 1. The van der Waals surface area contributed by atoms with Crippen molar-refractivity contribution in [3.63, 3.8) is 0 Å². The van der Waals surface area contributed by atoms with Gasteiger partial charge in [-0.25, -0.2) is 0 Å². The van der Waals surface area contributed by atoms with Crippen molar-refractivity contribution in [2.75, 3.05) is 6.61 Å². The highest BCUT2D eigenvalue weighted by Gasteiger charge is 2.64. The molecule has 0 aromatic rings. The summed E-state index contributed by atoms with van der Waals surface area (Å²) in [5.41, 5.74) is 3.97. The number of ether oxygens (including phenoxy) is 1. The van der Waals surface area contributed by atoms with Crippen molar-refractivity contribution < 1.29 is 14.6 Å². The van der Waals surface area contributed by atoms with E-state index in [0.717, 1.165) is 44.9 Å². The molecule has 0 bridgehead atoms. The lowest BCUT2D eigenvalue weighted by atomic mass is 9.38. The molecule has 0 radical (unpaired) electrons. The van der Waals surface area contributed by atoms with Crippen LogP contribution < -0.4 is 0 Å². The average molecular weight is 471 g/mol. The van der Waals surface area contributed by atoms with Crippen LogP contribution in [0.5, 0.6) is 0 Å². The van der Waals surface area contributed by atoms with E-state index in [9.17, 15) is 9.90 Å². The number of fused-ring (bicyclic) bond motifs is 6. The summed E-state index contributed by atoms with van der Waals surface area (Å²) in [4.78, 5) is 13.5. The number of rotatable bonds is 2. The lowest BCUT2D eigenvalue weighted by Gasteiger charge is -2.67. The number of hydrogen-bond donors (Lipinski definition) is 1. The van der Waals surface area contributed by atoms with Gasteiger partial charge >= 0.3 is 5.97 Å². The quantitative estimate of drug-likeness (QED) is 0.336.